The van der Waals surface area contributed by atoms with Crippen molar-refractivity contribution in [2.75, 3.05) is 45.6 Å². The topological polar surface area (TPSA) is 253 Å². The summed E-state index contributed by atoms with van der Waals surface area (Å²) >= 11 is 0. The number of rotatable bonds is 16. The first-order chi connectivity index (χ1) is 30.7. The van der Waals surface area contributed by atoms with E-state index in [-0.39, 0.29) is 56.1 Å². The van der Waals surface area contributed by atoms with Crippen molar-refractivity contribution in [2.45, 2.75) is 90.6 Å². The number of likely N-dealkylation sites (tertiary alicyclic amines) is 2. The average molecular weight is 896 g/mol. The summed E-state index contributed by atoms with van der Waals surface area (Å²) in [5.74, 6) is -2.81. The number of aldehydes is 1. The Labute approximate surface area is 379 Å². The van der Waals surface area contributed by atoms with E-state index in [1.165, 1.54) is 34.1 Å². The third-order valence-electron chi connectivity index (χ3n) is 11.3. The van der Waals surface area contributed by atoms with Crippen molar-refractivity contribution < 1.29 is 38.4 Å². The monoisotopic (exact) mass is 895 g/mol. The number of carbonyl (C=O) groups excluding carboxylic acids is 8. The van der Waals surface area contributed by atoms with E-state index >= 15 is 0 Å². The minimum atomic E-state index is -1.05. The van der Waals surface area contributed by atoms with Crippen molar-refractivity contribution in [1.82, 2.24) is 51.7 Å². The Kier molecular flexibility index (Phi) is 16.3. The normalized spacial score (nSPS) is 19.4. The Morgan fingerprint density at radius 3 is 1.65 bits per heavy atom. The van der Waals surface area contributed by atoms with Crippen LogP contribution in [0.5, 0.6) is 0 Å². The number of aromatic nitrogens is 2. The molecule has 1 aromatic heterocycles. The van der Waals surface area contributed by atoms with Crippen LogP contribution in [-0.4, -0.2) is 144 Å². The molecule has 65 heavy (non-hydrogen) atoms. The van der Waals surface area contributed by atoms with Gasteiger partial charge in [0, 0.05) is 54.3 Å². The second-order valence-corrected chi connectivity index (χ2v) is 18.5. The van der Waals surface area contributed by atoms with Gasteiger partial charge in [-0.25, -0.2) is 9.97 Å². The van der Waals surface area contributed by atoms with Crippen molar-refractivity contribution in [2.24, 2.45) is 10.8 Å². The van der Waals surface area contributed by atoms with Crippen LogP contribution in [0.1, 0.15) is 75.1 Å². The van der Waals surface area contributed by atoms with E-state index in [2.05, 4.69) is 47.2 Å². The first kappa shape index (κ1) is 49.4. The molecular weight excluding hydrogens is 835 g/mol. The fourth-order valence-corrected chi connectivity index (χ4v) is 7.91. The number of nitrogens with zero attached hydrogens (tertiary/aromatic N) is 4. The third kappa shape index (κ3) is 12.6. The molecule has 2 aliphatic rings. The lowest BCUT2D eigenvalue weighted by Gasteiger charge is -2.35. The zero-order valence-corrected chi connectivity index (χ0v) is 38.2. The molecule has 348 valence electrons. The maximum atomic E-state index is 14.4. The Morgan fingerprint density at radius 2 is 1.15 bits per heavy atom. The molecule has 2 fully saturated rings. The van der Waals surface area contributed by atoms with Gasteiger partial charge < -0.3 is 51.8 Å². The molecule has 3 aromatic rings. The maximum Gasteiger partial charge on any atom is 0.251 e. The van der Waals surface area contributed by atoms with Gasteiger partial charge >= 0.3 is 0 Å². The fraction of sp³-hybridized carbons (Fsp3) is 0.478. The van der Waals surface area contributed by atoms with E-state index < -0.39 is 82.5 Å². The molecule has 0 aliphatic carbocycles. The number of nitrogens with one attached hydrogen (secondary N) is 7. The number of amides is 7. The number of likely N-dealkylation sites (N-methyl/N-ethyl adjacent to an activating group) is 2. The van der Waals surface area contributed by atoms with Crippen LogP contribution in [0.2, 0.25) is 0 Å². The lowest BCUT2D eigenvalue weighted by Crippen LogP contribution is -2.58. The van der Waals surface area contributed by atoms with E-state index in [1.54, 1.807) is 56.8 Å². The molecule has 0 radical (unpaired) electrons. The fourth-order valence-electron chi connectivity index (χ4n) is 7.91. The van der Waals surface area contributed by atoms with Crippen LogP contribution in [-0.2, 0) is 28.8 Å². The minimum Gasteiger partial charge on any atom is -0.347 e. The molecule has 0 bridgehead atoms. The largest absolute Gasteiger partial charge is 0.347 e. The molecule has 7 amide bonds. The van der Waals surface area contributed by atoms with Gasteiger partial charge in [0.2, 0.25) is 29.5 Å². The Bertz CT molecular complexity index is 2230. The SMILES string of the molecule is CNCC(=O)NC(C(=O)N1CC(NC(=O)c2ccc(C(=O)NC3CC(C(=O)Nc4ccccc4-c4ncccn4)N(C(=O)C(NC(=O)CNC)C(C)(C)C)C3)cc2)CC1C=O)C(C)(C)C. The number of para-hydroxylation sites is 1. The minimum absolute atomic E-state index is 0.00958. The molecule has 19 heteroatoms. The van der Waals surface area contributed by atoms with Crippen molar-refractivity contribution in [3.8, 4) is 11.4 Å². The van der Waals surface area contributed by atoms with Crippen molar-refractivity contribution in [3.05, 3.63) is 78.1 Å². The lowest BCUT2D eigenvalue weighted by atomic mass is 9.85. The highest BCUT2D eigenvalue weighted by atomic mass is 16.2. The zero-order chi connectivity index (χ0) is 47.6. The summed E-state index contributed by atoms with van der Waals surface area (Å²) < 4.78 is 0. The van der Waals surface area contributed by atoms with E-state index in [0.29, 0.717) is 23.4 Å². The predicted molar refractivity (Wildman–Crippen MR) is 242 cm³/mol. The van der Waals surface area contributed by atoms with Gasteiger partial charge in [0.05, 0.1) is 24.8 Å². The lowest BCUT2D eigenvalue weighted by molar-refractivity contribution is -0.142. The van der Waals surface area contributed by atoms with Gasteiger partial charge in [-0.05, 0) is 80.2 Å². The summed E-state index contributed by atoms with van der Waals surface area (Å²) in [5, 5.41) is 19.9. The highest BCUT2D eigenvalue weighted by molar-refractivity contribution is 6.02. The summed E-state index contributed by atoms with van der Waals surface area (Å²) in [6.45, 7) is 10.9. The van der Waals surface area contributed by atoms with E-state index in [9.17, 15) is 38.4 Å². The molecule has 2 saturated heterocycles. The first-order valence-corrected chi connectivity index (χ1v) is 21.6. The molecular formula is C46H61N11O8. The van der Waals surface area contributed by atoms with Gasteiger partial charge in [0.1, 0.15) is 24.4 Å². The molecule has 3 heterocycles. The van der Waals surface area contributed by atoms with Crippen LogP contribution >= 0.6 is 0 Å². The molecule has 0 spiro atoms. The van der Waals surface area contributed by atoms with E-state index in [4.69, 9.17) is 0 Å². The van der Waals surface area contributed by atoms with Crippen LogP contribution in [0.3, 0.4) is 0 Å². The number of hydrogen-bond donors (Lipinski definition) is 7. The zero-order valence-electron chi connectivity index (χ0n) is 38.2. The average Bonchev–Trinajstić information content (AvgIpc) is 3.88. The second kappa shape index (κ2) is 21.4. The van der Waals surface area contributed by atoms with Crippen LogP contribution < -0.4 is 37.2 Å². The molecule has 2 aliphatic heterocycles. The van der Waals surface area contributed by atoms with Crippen LogP contribution in [0.4, 0.5) is 5.69 Å². The predicted octanol–water partition coefficient (Wildman–Crippen LogP) is 0.880. The second-order valence-electron chi connectivity index (χ2n) is 18.5. The van der Waals surface area contributed by atoms with Gasteiger partial charge in [-0.15, -0.1) is 0 Å². The van der Waals surface area contributed by atoms with Gasteiger partial charge in [0.15, 0.2) is 5.82 Å². The molecule has 6 unspecified atom stereocenters. The quantitative estimate of drug-likeness (QED) is 0.0991. The summed E-state index contributed by atoms with van der Waals surface area (Å²) in [6.07, 6.45) is 4.06. The van der Waals surface area contributed by atoms with Crippen LogP contribution in [0.25, 0.3) is 11.4 Å². The van der Waals surface area contributed by atoms with Crippen molar-refractivity contribution >= 4 is 53.3 Å². The van der Waals surface area contributed by atoms with Crippen molar-refractivity contribution in [1.29, 1.82) is 0 Å². The van der Waals surface area contributed by atoms with E-state index in [1.807, 2.05) is 41.5 Å². The standard InChI is InChI=1S/C46H61N11O8/c1-45(2,3)37(54-35(59)22-47-7)43(64)56-24-29(20-31(56)26-58)51-40(61)27-14-16-28(17-15-27)41(62)52-30-21-34(57(25-30)44(65)38(46(4,5)6)55-36(60)23-48-8)42(63)53-33-13-10-9-12-32(33)39-49-18-11-19-50-39/h9-19,26,29-31,34,37-38,47-48H,20-25H2,1-8H3,(H,51,61)(H,52,62)(H,53,63)(H,54,59)(H,55,60). The van der Waals surface area contributed by atoms with Crippen LogP contribution in [0.15, 0.2) is 67.0 Å². The molecule has 5 rings (SSSR count). The molecule has 19 nitrogen and oxygen atoms in total. The van der Waals surface area contributed by atoms with Gasteiger partial charge in [0.25, 0.3) is 11.8 Å². The summed E-state index contributed by atoms with van der Waals surface area (Å²) in [7, 11) is 3.23. The summed E-state index contributed by atoms with van der Waals surface area (Å²) in [4.78, 5) is 118. The summed E-state index contributed by atoms with van der Waals surface area (Å²) in [6, 6.07) is 9.55. The van der Waals surface area contributed by atoms with Gasteiger partial charge in [-0.3, -0.25) is 33.6 Å². The van der Waals surface area contributed by atoms with Crippen molar-refractivity contribution in [3.63, 3.8) is 0 Å². The number of benzene rings is 2. The third-order valence-corrected chi connectivity index (χ3v) is 11.3. The van der Waals surface area contributed by atoms with Gasteiger partial charge in [-0.1, -0.05) is 53.7 Å². The Morgan fingerprint density at radius 1 is 0.677 bits per heavy atom. The Hall–Kier alpha value is -6.60. The smallest absolute Gasteiger partial charge is 0.251 e. The van der Waals surface area contributed by atoms with Crippen LogP contribution in [0, 0.1) is 10.8 Å². The van der Waals surface area contributed by atoms with E-state index in [0.717, 1.165) is 0 Å². The number of carbonyl (C=O) groups is 8. The molecule has 6 atom stereocenters. The first-order valence-electron chi connectivity index (χ1n) is 21.6. The number of anilines is 1. The highest BCUT2D eigenvalue weighted by Crippen LogP contribution is 2.30. The van der Waals surface area contributed by atoms with Gasteiger partial charge in [-0.2, -0.15) is 0 Å². The summed E-state index contributed by atoms with van der Waals surface area (Å²) in [5.41, 5.74) is 0.00557. The Balaban J connectivity index is 1.29. The molecule has 0 saturated carbocycles. The highest BCUT2D eigenvalue weighted by Gasteiger charge is 2.46. The maximum absolute atomic E-state index is 14.4. The molecule has 7 N–H and O–H groups in total. The molecule has 2 aromatic carbocycles. The number of hydrogen-bond acceptors (Lipinski definition) is 12.